The summed E-state index contributed by atoms with van der Waals surface area (Å²) < 4.78 is 44.7. The lowest BCUT2D eigenvalue weighted by molar-refractivity contribution is -0.153. The maximum Gasteiger partial charge on any atom is 0.286 e. The summed E-state index contributed by atoms with van der Waals surface area (Å²) >= 11 is 0. The maximum atomic E-state index is 13.2. The molecule has 38 heavy (non-hydrogen) atoms. The maximum absolute atomic E-state index is 13.2. The molecule has 4 rings (SSSR count). The highest BCUT2D eigenvalue weighted by Gasteiger charge is 2.41. The zero-order valence-corrected chi connectivity index (χ0v) is 23.7. The number of ether oxygens (including phenoxy) is 3. The lowest BCUT2D eigenvalue weighted by Gasteiger charge is -2.36. The Balaban J connectivity index is 1.38. The van der Waals surface area contributed by atoms with Crippen LogP contribution in [0.4, 0.5) is 0 Å². The molecule has 0 radical (unpaired) electrons. The predicted octanol–water partition coefficient (Wildman–Crippen LogP) is 3.29. The molecular formula is C28H42N2O7S. The van der Waals surface area contributed by atoms with Gasteiger partial charge < -0.3 is 24.6 Å². The summed E-state index contributed by atoms with van der Waals surface area (Å²) in [7, 11) is -2.33. The highest BCUT2D eigenvalue weighted by molar-refractivity contribution is 7.89. The molecule has 1 amide bonds. The van der Waals surface area contributed by atoms with E-state index in [1.807, 2.05) is 6.08 Å². The molecule has 0 spiro atoms. The van der Waals surface area contributed by atoms with E-state index < -0.39 is 16.3 Å². The molecular weight excluding hydrogens is 508 g/mol. The second-order valence-electron chi connectivity index (χ2n) is 11.7. The molecule has 2 bridgehead atoms. The number of carbonyl (C=O) groups excluding carboxylic acids is 1. The van der Waals surface area contributed by atoms with E-state index in [9.17, 15) is 18.3 Å². The molecule has 2 aliphatic carbocycles. The molecule has 3 aliphatic rings. The zero-order valence-electron chi connectivity index (χ0n) is 22.9. The number of rotatable bonds is 11. The van der Waals surface area contributed by atoms with Crippen molar-refractivity contribution in [2.24, 2.45) is 23.2 Å². The van der Waals surface area contributed by atoms with Gasteiger partial charge in [-0.05, 0) is 72.8 Å². The largest absolute Gasteiger partial charge is 0.497 e. The number of aliphatic hydroxyl groups excluding tert-OH is 1. The summed E-state index contributed by atoms with van der Waals surface area (Å²) in [6.45, 7) is 6.05. The number of allylic oxidation sites excluding steroid dienone is 1. The molecule has 5 atom stereocenters. The summed E-state index contributed by atoms with van der Waals surface area (Å²) in [5.41, 5.74) is -0.107. The molecule has 0 aromatic heterocycles. The first kappa shape index (κ1) is 28.9. The number of nitrogens with zero attached hydrogens (tertiary/aromatic N) is 1. The van der Waals surface area contributed by atoms with Gasteiger partial charge in [-0.25, -0.2) is 8.42 Å². The molecule has 1 aromatic rings. The van der Waals surface area contributed by atoms with Crippen LogP contribution in [0.15, 0.2) is 41.0 Å². The number of hydrogen-bond donors (Lipinski definition) is 2. The molecule has 3 unspecified atom stereocenters. The van der Waals surface area contributed by atoms with Crippen LogP contribution in [0.5, 0.6) is 5.75 Å². The van der Waals surface area contributed by atoms with Gasteiger partial charge in [0.1, 0.15) is 5.75 Å². The van der Waals surface area contributed by atoms with Crippen molar-refractivity contribution in [1.29, 1.82) is 0 Å². The van der Waals surface area contributed by atoms with Gasteiger partial charge >= 0.3 is 0 Å². The fourth-order valence-electron chi connectivity index (χ4n) is 5.83. The molecule has 1 heterocycles. The number of amides is 1. The number of nitrogens with one attached hydrogen (secondary N) is 1. The van der Waals surface area contributed by atoms with Crippen molar-refractivity contribution in [2.45, 2.75) is 70.1 Å². The Morgan fingerprint density at radius 2 is 1.87 bits per heavy atom. The van der Waals surface area contributed by atoms with Crippen LogP contribution in [0.2, 0.25) is 0 Å². The van der Waals surface area contributed by atoms with Gasteiger partial charge in [-0.1, -0.05) is 27.2 Å². The van der Waals surface area contributed by atoms with E-state index >= 15 is 0 Å². The van der Waals surface area contributed by atoms with Crippen molar-refractivity contribution in [2.75, 3.05) is 33.4 Å². The van der Waals surface area contributed by atoms with Crippen molar-refractivity contribution in [1.82, 2.24) is 9.62 Å². The van der Waals surface area contributed by atoms with Gasteiger partial charge in [0.15, 0.2) is 5.76 Å². The van der Waals surface area contributed by atoms with Gasteiger partial charge in [0.25, 0.3) is 5.91 Å². The number of methoxy groups -OCH3 is 1. The van der Waals surface area contributed by atoms with Crippen molar-refractivity contribution in [3.05, 3.63) is 36.1 Å². The summed E-state index contributed by atoms with van der Waals surface area (Å²) in [4.78, 5) is 13.3. The average Bonchev–Trinajstić information content (AvgIpc) is 3.51. The molecule has 1 aliphatic heterocycles. The lowest BCUT2D eigenvalue weighted by Crippen LogP contribution is -2.42. The van der Waals surface area contributed by atoms with Crippen molar-refractivity contribution >= 4 is 15.9 Å². The van der Waals surface area contributed by atoms with Gasteiger partial charge in [0.2, 0.25) is 16.3 Å². The summed E-state index contributed by atoms with van der Waals surface area (Å²) in [5.74, 6) is 1.97. The lowest BCUT2D eigenvalue weighted by atomic mass is 9.77. The van der Waals surface area contributed by atoms with Crippen LogP contribution in [0.3, 0.4) is 0 Å². The van der Waals surface area contributed by atoms with Crippen molar-refractivity contribution in [3.8, 4) is 5.75 Å². The topological polar surface area (TPSA) is 114 Å². The van der Waals surface area contributed by atoms with Crippen LogP contribution < -0.4 is 10.1 Å². The minimum absolute atomic E-state index is 0.0331. The van der Waals surface area contributed by atoms with Gasteiger partial charge in [0.05, 0.1) is 25.2 Å². The fraction of sp³-hybridized carbons (Fsp3) is 0.679. The van der Waals surface area contributed by atoms with Crippen LogP contribution >= 0.6 is 0 Å². The van der Waals surface area contributed by atoms with Crippen molar-refractivity contribution < 1.29 is 32.5 Å². The van der Waals surface area contributed by atoms with Gasteiger partial charge in [-0.15, -0.1) is 0 Å². The first-order valence-electron chi connectivity index (χ1n) is 13.6. The number of aliphatic hydroxyl groups is 1. The Kier molecular flexibility index (Phi) is 9.07. The van der Waals surface area contributed by atoms with E-state index in [4.69, 9.17) is 14.2 Å². The minimum atomic E-state index is -3.85. The molecule has 9 nitrogen and oxygen atoms in total. The Bertz CT molecular complexity index is 1100. The Hall–Kier alpha value is -2.14. The van der Waals surface area contributed by atoms with Gasteiger partial charge in [-0.3, -0.25) is 4.79 Å². The third kappa shape index (κ3) is 6.70. The molecule has 0 saturated heterocycles. The number of sulfonamides is 1. The highest BCUT2D eigenvalue weighted by Crippen LogP contribution is 2.44. The number of carbonyl (C=O) groups is 1. The molecule has 2 N–H and O–H groups in total. The second kappa shape index (κ2) is 11.9. The van der Waals surface area contributed by atoms with Crippen LogP contribution in [0, 0.1) is 23.2 Å². The third-order valence-electron chi connectivity index (χ3n) is 8.14. The number of benzene rings is 1. The first-order chi connectivity index (χ1) is 18.0. The normalized spacial score (nSPS) is 27.2. The number of hydrogen-bond acceptors (Lipinski definition) is 7. The molecule has 2 fully saturated rings. The standard InChI is InChI=1S/C28H42N2O7S/c1-28(2,3)21-17-25(27(32)29-24-16-19-5-6-20(24)15-19)37-26(18-21)36-14-12-30(11-13-31)38(33,34)23-9-7-22(35-4)8-10-23/h7-10,17,19-21,24,26,31H,5-6,11-16,18H2,1-4H3,(H,29,32)/t19?,20?,21-,24?,26+/m1/s1. The van der Waals surface area contributed by atoms with E-state index in [0.717, 1.165) is 12.3 Å². The molecule has 212 valence electrons. The second-order valence-corrected chi connectivity index (χ2v) is 13.7. The predicted molar refractivity (Wildman–Crippen MR) is 143 cm³/mol. The average molecular weight is 551 g/mol. The molecule has 2 saturated carbocycles. The van der Waals surface area contributed by atoms with Crippen LogP contribution in [-0.2, 0) is 24.3 Å². The highest BCUT2D eigenvalue weighted by atomic mass is 32.2. The smallest absolute Gasteiger partial charge is 0.286 e. The molecule has 1 aromatic carbocycles. The zero-order chi connectivity index (χ0) is 27.5. The van der Waals surface area contributed by atoms with Crippen molar-refractivity contribution in [3.63, 3.8) is 0 Å². The van der Waals surface area contributed by atoms with Crippen LogP contribution in [0.1, 0.15) is 52.9 Å². The quantitative estimate of drug-likeness (QED) is 0.435. The first-order valence-corrected chi connectivity index (χ1v) is 15.0. The summed E-state index contributed by atoms with van der Waals surface area (Å²) in [6.07, 6.45) is 6.47. The summed E-state index contributed by atoms with van der Waals surface area (Å²) in [6, 6.07) is 6.32. The Morgan fingerprint density at radius 3 is 2.45 bits per heavy atom. The van der Waals surface area contributed by atoms with E-state index in [1.165, 1.54) is 42.8 Å². The van der Waals surface area contributed by atoms with Gasteiger partial charge in [0, 0.05) is 25.6 Å². The Labute approximate surface area is 226 Å². The molecule has 10 heteroatoms. The summed E-state index contributed by atoms with van der Waals surface area (Å²) in [5, 5.41) is 12.7. The Morgan fingerprint density at radius 1 is 1.13 bits per heavy atom. The minimum Gasteiger partial charge on any atom is -0.497 e. The van der Waals surface area contributed by atoms with Gasteiger partial charge in [-0.2, -0.15) is 4.31 Å². The SMILES string of the molecule is COc1ccc(S(=O)(=O)N(CCO)CCO[C@@H]2C[C@H](C(C)(C)C)C=C(C(=O)NC3CC4CCC3C4)O2)cc1. The monoisotopic (exact) mass is 550 g/mol. The van der Waals surface area contributed by atoms with Crippen LogP contribution in [0.25, 0.3) is 0 Å². The fourth-order valence-corrected chi connectivity index (χ4v) is 7.24. The van der Waals surface area contributed by atoms with Crippen LogP contribution in [-0.4, -0.2) is 69.5 Å². The van der Waals surface area contributed by atoms with E-state index in [2.05, 4.69) is 26.1 Å². The van der Waals surface area contributed by atoms with E-state index in [0.29, 0.717) is 18.1 Å². The third-order valence-corrected chi connectivity index (χ3v) is 10.1. The number of fused-ring (bicyclic) bond motifs is 2. The van der Waals surface area contributed by atoms with E-state index in [-0.39, 0.29) is 60.2 Å². The van der Waals surface area contributed by atoms with E-state index in [1.54, 1.807) is 12.1 Å².